The van der Waals surface area contributed by atoms with Crippen molar-refractivity contribution in [3.8, 4) is 0 Å². The molecule has 3 N–H and O–H groups in total. The molecule has 10 nitrogen and oxygen atoms in total. The summed E-state index contributed by atoms with van der Waals surface area (Å²) in [6.07, 6.45) is 1.36. The Morgan fingerprint density at radius 3 is 3.00 bits per heavy atom. The van der Waals surface area contributed by atoms with Crippen LogP contribution in [0.15, 0.2) is 17.1 Å². The van der Waals surface area contributed by atoms with Crippen molar-refractivity contribution in [3.05, 3.63) is 22.7 Å². The standard InChI is InChI=1S/C15H25N4O6P/c1-4-23-14(20)10(3)18-26(22)24-8-11-7-9(2)13(25-11)19-6-5-12(16)17-15(19)21/h5-6,9-11,13,26H,4,7-8H2,1-3H3,(H,18,22)(H2,16,17,21)/t9-,10-,11-,13-/m0/s1. The molecule has 0 radical (unpaired) electrons. The normalized spacial score (nSPS) is 25.0. The van der Waals surface area contributed by atoms with Gasteiger partial charge in [0.25, 0.3) is 8.18 Å². The van der Waals surface area contributed by atoms with Gasteiger partial charge in [0.05, 0.1) is 19.3 Å². The van der Waals surface area contributed by atoms with Crippen LogP contribution in [0.4, 0.5) is 5.82 Å². The highest BCUT2D eigenvalue weighted by Crippen LogP contribution is 2.34. The molecule has 146 valence electrons. The van der Waals surface area contributed by atoms with E-state index in [4.69, 9.17) is 19.7 Å². The van der Waals surface area contributed by atoms with Gasteiger partial charge in [-0.1, -0.05) is 6.92 Å². The van der Waals surface area contributed by atoms with Crippen molar-refractivity contribution in [2.45, 2.75) is 45.6 Å². The van der Waals surface area contributed by atoms with Gasteiger partial charge in [-0.25, -0.2) is 9.88 Å². The van der Waals surface area contributed by atoms with Crippen LogP contribution in [-0.4, -0.2) is 40.9 Å². The summed E-state index contributed by atoms with van der Waals surface area (Å²) in [6.45, 7) is 5.52. The predicted molar refractivity (Wildman–Crippen MR) is 94.8 cm³/mol. The Hall–Kier alpha value is -1.74. The summed E-state index contributed by atoms with van der Waals surface area (Å²) in [4.78, 5) is 27.1. The molecule has 2 heterocycles. The maximum absolute atomic E-state index is 12.0. The summed E-state index contributed by atoms with van der Waals surface area (Å²) in [5.41, 5.74) is 5.01. The van der Waals surface area contributed by atoms with E-state index in [1.165, 1.54) is 10.6 Å². The van der Waals surface area contributed by atoms with Crippen LogP contribution in [0.2, 0.25) is 0 Å². The van der Waals surface area contributed by atoms with Gasteiger partial charge in [0, 0.05) is 12.1 Å². The van der Waals surface area contributed by atoms with Crippen LogP contribution >= 0.6 is 8.18 Å². The van der Waals surface area contributed by atoms with E-state index in [2.05, 4.69) is 10.1 Å². The summed E-state index contributed by atoms with van der Waals surface area (Å²) >= 11 is 0. The fourth-order valence-electron chi connectivity index (χ4n) is 2.70. The van der Waals surface area contributed by atoms with Gasteiger partial charge in [0.1, 0.15) is 18.1 Å². The number of anilines is 1. The number of nitrogens with one attached hydrogen (secondary N) is 1. The number of nitrogens with two attached hydrogens (primary N) is 1. The smallest absolute Gasteiger partial charge is 0.351 e. The predicted octanol–water partition coefficient (Wildman–Crippen LogP) is 0.697. The van der Waals surface area contributed by atoms with E-state index in [1.54, 1.807) is 20.0 Å². The molecular weight excluding hydrogens is 363 g/mol. The molecule has 1 aromatic rings. The highest BCUT2D eigenvalue weighted by molar-refractivity contribution is 7.36. The largest absolute Gasteiger partial charge is 0.465 e. The SMILES string of the molecule is CCOC(=O)[C@H](C)N[PH](=O)OC[C@@H]1C[C@H](C)[C@@H](n2ccc(N)nc2=O)O1. The zero-order chi connectivity index (χ0) is 19.3. The van der Waals surface area contributed by atoms with E-state index >= 15 is 0 Å². The number of ether oxygens (including phenoxy) is 2. The first kappa shape index (κ1) is 20.6. The maximum Gasteiger partial charge on any atom is 0.351 e. The Morgan fingerprint density at radius 2 is 2.35 bits per heavy atom. The number of nitrogens with zero attached hydrogens (tertiary/aromatic N) is 2. The van der Waals surface area contributed by atoms with Gasteiger partial charge >= 0.3 is 11.7 Å². The third-order valence-corrected chi connectivity index (χ3v) is 5.05. The van der Waals surface area contributed by atoms with Crippen molar-refractivity contribution in [1.82, 2.24) is 14.6 Å². The lowest BCUT2D eigenvalue weighted by atomic mass is 10.1. The molecule has 0 amide bonds. The van der Waals surface area contributed by atoms with Gasteiger partial charge in [-0.05, 0) is 26.3 Å². The second-order valence-electron chi connectivity index (χ2n) is 6.12. The molecule has 1 aromatic heterocycles. The lowest BCUT2D eigenvalue weighted by Crippen LogP contribution is -2.31. The molecule has 11 heteroatoms. The molecule has 1 saturated heterocycles. The number of carbonyl (C=O) groups excluding carboxylic acids is 1. The van der Waals surface area contributed by atoms with Gasteiger partial charge in [-0.2, -0.15) is 4.98 Å². The van der Waals surface area contributed by atoms with Crippen LogP contribution in [0.25, 0.3) is 0 Å². The molecule has 1 aliphatic rings. The fraction of sp³-hybridized carbons (Fsp3) is 0.667. The zero-order valence-electron chi connectivity index (χ0n) is 15.0. The van der Waals surface area contributed by atoms with Crippen molar-refractivity contribution in [2.24, 2.45) is 5.92 Å². The molecule has 2 rings (SSSR count). The van der Waals surface area contributed by atoms with Gasteiger partial charge in [0.2, 0.25) is 0 Å². The van der Waals surface area contributed by atoms with Crippen LogP contribution in [0.1, 0.15) is 33.4 Å². The van der Waals surface area contributed by atoms with Crippen molar-refractivity contribution in [2.75, 3.05) is 18.9 Å². The zero-order valence-corrected chi connectivity index (χ0v) is 16.0. The Kier molecular flexibility index (Phi) is 7.33. The third kappa shape index (κ3) is 5.38. The second kappa shape index (κ2) is 9.27. The molecule has 0 aliphatic carbocycles. The Balaban J connectivity index is 1.85. The number of aromatic nitrogens is 2. The van der Waals surface area contributed by atoms with Crippen LogP contribution in [0.3, 0.4) is 0 Å². The highest BCUT2D eigenvalue weighted by Gasteiger charge is 2.34. The lowest BCUT2D eigenvalue weighted by molar-refractivity contribution is -0.144. The van der Waals surface area contributed by atoms with Crippen LogP contribution in [0.5, 0.6) is 0 Å². The van der Waals surface area contributed by atoms with Gasteiger partial charge in [0.15, 0.2) is 0 Å². The van der Waals surface area contributed by atoms with Crippen molar-refractivity contribution in [1.29, 1.82) is 0 Å². The molecule has 0 bridgehead atoms. The molecule has 1 fully saturated rings. The first-order chi connectivity index (χ1) is 12.3. The molecule has 0 aromatic carbocycles. The van der Waals surface area contributed by atoms with Gasteiger partial charge in [-0.3, -0.25) is 13.9 Å². The number of carbonyl (C=O) groups is 1. The number of hydrogen-bond acceptors (Lipinski definition) is 8. The minimum Gasteiger partial charge on any atom is -0.465 e. The van der Waals surface area contributed by atoms with Crippen molar-refractivity contribution < 1.29 is 23.4 Å². The summed E-state index contributed by atoms with van der Waals surface area (Å²) in [6, 6.07) is 0.803. The monoisotopic (exact) mass is 388 g/mol. The summed E-state index contributed by atoms with van der Waals surface area (Å²) in [7, 11) is -2.63. The van der Waals surface area contributed by atoms with Crippen molar-refractivity contribution in [3.63, 3.8) is 0 Å². The summed E-state index contributed by atoms with van der Waals surface area (Å²) in [5.74, 6) is -0.298. The summed E-state index contributed by atoms with van der Waals surface area (Å²) < 4.78 is 29.3. The molecule has 26 heavy (non-hydrogen) atoms. The molecular formula is C15H25N4O6P. The number of esters is 1. The van der Waals surface area contributed by atoms with Crippen LogP contribution < -0.4 is 16.5 Å². The topological polar surface area (TPSA) is 135 Å². The minimum atomic E-state index is -2.63. The molecule has 1 aliphatic heterocycles. The quantitative estimate of drug-likeness (QED) is 0.487. The van der Waals surface area contributed by atoms with Crippen LogP contribution in [-0.2, 0) is 23.4 Å². The van der Waals surface area contributed by atoms with E-state index in [0.29, 0.717) is 6.42 Å². The number of rotatable bonds is 8. The average Bonchev–Trinajstić information content (AvgIpc) is 2.94. The lowest BCUT2D eigenvalue weighted by Gasteiger charge is -2.18. The van der Waals surface area contributed by atoms with Crippen LogP contribution in [0, 0.1) is 5.92 Å². The molecule has 5 atom stereocenters. The minimum absolute atomic E-state index is 0.0421. The Morgan fingerprint density at radius 1 is 1.62 bits per heavy atom. The Labute approximate surface area is 151 Å². The van der Waals surface area contributed by atoms with E-state index in [-0.39, 0.29) is 31.1 Å². The van der Waals surface area contributed by atoms with Gasteiger partial charge < -0.3 is 19.7 Å². The van der Waals surface area contributed by atoms with E-state index in [9.17, 15) is 14.2 Å². The first-order valence-electron chi connectivity index (χ1n) is 8.41. The highest BCUT2D eigenvalue weighted by atomic mass is 31.1. The van der Waals surface area contributed by atoms with Gasteiger partial charge in [-0.15, -0.1) is 0 Å². The third-order valence-electron chi connectivity index (χ3n) is 3.95. The first-order valence-corrected chi connectivity index (χ1v) is 9.73. The number of hydrogen-bond donors (Lipinski definition) is 2. The van der Waals surface area contributed by atoms with E-state index < -0.39 is 32.1 Å². The number of nitrogen functional groups attached to an aromatic ring is 1. The summed E-state index contributed by atoms with van der Waals surface area (Å²) in [5, 5.41) is 2.57. The van der Waals surface area contributed by atoms with Crippen molar-refractivity contribution >= 4 is 20.0 Å². The van der Waals surface area contributed by atoms with E-state index in [0.717, 1.165) is 0 Å². The fourth-order valence-corrected chi connectivity index (χ4v) is 3.59. The van der Waals surface area contributed by atoms with E-state index in [1.807, 2.05) is 6.92 Å². The Bertz CT molecular complexity index is 712. The molecule has 0 saturated carbocycles. The maximum atomic E-state index is 12.0. The average molecular weight is 388 g/mol. The molecule has 0 spiro atoms. The molecule has 1 unspecified atom stereocenters. The second-order valence-corrected chi connectivity index (χ2v) is 7.27.